The molecule has 1 aromatic heterocycles. The summed E-state index contributed by atoms with van der Waals surface area (Å²) in [6.07, 6.45) is 0. The Balaban J connectivity index is 2.66. The highest BCUT2D eigenvalue weighted by Crippen LogP contribution is 2.36. The maximum Gasteiger partial charge on any atom is 0.209 e. The van der Waals surface area contributed by atoms with Crippen LogP contribution in [0.15, 0.2) is 28.7 Å². The molecule has 2 aromatic rings. The number of nitrogen functional groups attached to an aromatic ring is 1. The highest BCUT2D eigenvalue weighted by atomic mass is 16.5. The number of nitrogens with zero attached hydrogens (tertiary/aromatic N) is 1. The smallest absolute Gasteiger partial charge is 0.209 e. The zero-order valence-corrected chi connectivity index (χ0v) is 9.65. The van der Waals surface area contributed by atoms with E-state index in [0.29, 0.717) is 17.1 Å². The Bertz CT molecular complexity index is 594. The summed E-state index contributed by atoms with van der Waals surface area (Å²) in [4.78, 5) is 0. The summed E-state index contributed by atoms with van der Waals surface area (Å²) in [5.74, 6) is 1.41. The predicted molar refractivity (Wildman–Crippen MR) is 64.6 cm³/mol. The second-order valence-electron chi connectivity index (χ2n) is 3.61. The number of nitriles is 1. The van der Waals surface area contributed by atoms with Gasteiger partial charge in [0, 0.05) is 5.56 Å². The van der Waals surface area contributed by atoms with Crippen molar-refractivity contribution >= 4 is 5.88 Å². The van der Waals surface area contributed by atoms with Crippen LogP contribution in [0.1, 0.15) is 11.1 Å². The van der Waals surface area contributed by atoms with Gasteiger partial charge in [-0.1, -0.05) is 12.1 Å². The van der Waals surface area contributed by atoms with Gasteiger partial charge < -0.3 is 14.9 Å². The first-order valence-electron chi connectivity index (χ1n) is 5.11. The number of hydrogen-bond donors (Lipinski definition) is 1. The van der Waals surface area contributed by atoms with Crippen LogP contribution in [0.2, 0.25) is 0 Å². The van der Waals surface area contributed by atoms with Crippen LogP contribution in [0.25, 0.3) is 11.3 Å². The fraction of sp³-hybridized carbons (Fsp3) is 0.154. The summed E-state index contributed by atoms with van der Waals surface area (Å²) in [5, 5.41) is 8.96. The maximum atomic E-state index is 8.96. The molecular formula is C13H12N2O2. The lowest BCUT2D eigenvalue weighted by atomic mass is 10.1. The first-order chi connectivity index (χ1) is 8.19. The van der Waals surface area contributed by atoms with Crippen LogP contribution in [0.3, 0.4) is 0 Å². The summed E-state index contributed by atoms with van der Waals surface area (Å²) in [6.45, 7) is 1.81. The van der Waals surface area contributed by atoms with Crippen LogP contribution in [0.5, 0.6) is 5.75 Å². The number of methoxy groups -OCH3 is 1. The Morgan fingerprint density at radius 3 is 2.65 bits per heavy atom. The normalized spacial score (nSPS) is 9.94. The van der Waals surface area contributed by atoms with Crippen LogP contribution in [0.4, 0.5) is 5.88 Å². The Hall–Kier alpha value is -2.41. The Labute approximate surface area is 99.2 Å². The molecule has 2 rings (SSSR count). The molecule has 1 aromatic carbocycles. The monoisotopic (exact) mass is 228 g/mol. The number of rotatable bonds is 2. The average molecular weight is 228 g/mol. The second kappa shape index (κ2) is 4.22. The van der Waals surface area contributed by atoms with Gasteiger partial charge in [-0.3, -0.25) is 0 Å². The largest absolute Gasteiger partial charge is 0.496 e. The van der Waals surface area contributed by atoms with E-state index in [9.17, 15) is 0 Å². The van der Waals surface area contributed by atoms with Crippen LogP contribution in [-0.2, 0) is 0 Å². The van der Waals surface area contributed by atoms with Gasteiger partial charge in [0.05, 0.1) is 12.7 Å². The Kier molecular flexibility index (Phi) is 2.75. The van der Waals surface area contributed by atoms with Gasteiger partial charge >= 0.3 is 0 Å². The third-order valence-corrected chi connectivity index (χ3v) is 2.64. The predicted octanol–water partition coefficient (Wildman–Crippen LogP) is 2.72. The van der Waals surface area contributed by atoms with Crippen LogP contribution < -0.4 is 10.5 Å². The quantitative estimate of drug-likeness (QED) is 0.857. The standard InChI is InChI=1S/C13H12N2O2/c1-8-10(7-14)13(15)17-12(8)9-5-3-4-6-11(9)16-2/h3-6H,15H2,1-2H3. The van der Waals surface area contributed by atoms with E-state index in [4.69, 9.17) is 20.1 Å². The lowest BCUT2D eigenvalue weighted by Crippen LogP contribution is -1.87. The summed E-state index contributed by atoms with van der Waals surface area (Å²) in [6, 6.07) is 9.48. The second-order valence-corrected chi connectivity index (χ2v) is 3.61. The first-order valence-corrected chi connectivity index (χ1v) is 5.11. The zero-order valence-electron chi connectivity index (χ0n) is 9.65. The van der Waals surface area contributed by atoms with Crippen molar-refractivity contribution in [2.45, 2.75) is 6.92 Å². The summed E-state index contributed by atoms with van der Waals surface area (Å²) in [7, 11) is 1.59. The molecule has 4 heteroatoms. The highest BCUT2D eigenvalue weighted by Gasteiger charge is 2.18. The van der Waals surface area contributed by atoms with E-state index in [1.165, 1.54) is 0 Å². The molecule has 0 saturated heterocycles. The molecule has 0 atom stereocenters. The zero-order chi connectivity index (χ0) is 12.4. The van der Waals surface area contributed by atoms with Crippen molar-refractivity contribution in [3.8, 4) is 23.1 Å². The van der Waals surface area contributed by atoms with E-state index < -0.39 is 0 Å². The minimum atomic E-state index is 0.144. The summed E-state index contributed by atoms with van der Waals surface area (Å²) in [5.41, 5.74) is 7.56. The molecule has 0 saturated carbocycles. The highest BCUT2D eigenvalue weighted by molar-refractivity contribution is 5.73. The molecule has 2 N–H and O–H groups in total. The lowest BCUT2D eigenvalue weighted by molar-refractivity contribution is 0.415. The third-order valence-electron chi connectivity index (χ3n) is 2.64. The van der Waals surface area contributed by atoms with Crippen molar-refractivity contribution < 1.29 is 9.15 Å². The minimum Gasteiger partial charge on any atom is -0.496 e. The molecule has 0 amide bonds. The van der Waals surface area contributed by atoms with Crippen LogP contribution in [-0.4, -0.2) is 7.11 Å². The van der Waals surface area contributed by atoms with E-state index in [1.54, 1.807) is 14.0 Å². The molecule has 0 aliphatic rings. The molecule has 0 unspecified atom stereocenters. The van der Waals surface area contributed by atoms with Crippen LogP contribution in [0, 0.1) is 18.3 Å². The van der Waals surface area contributed by atoms with Crippen molar-refractivity contribution in [1.29, 1.82) is 5.26 Å². The van der Waals surface area contributed by atoms with Gasteiger partial charge in [-0.15, -0.1) is 0 Å². The van der Waals surface area contributed by atoms with Gasteiger partial charge in [0.15, 0.2) is 0 Å². The van der Waals surface area contributed by atoms with E-state index in [0.717, 1.165) is 11.1 Å². The van der Waals surface area contributed by atoms with Gasteiger partial charge in [0.2, 0.25) is 5.88 Å². The third kappa shape index (κ3) is 1.72. The van der Waals surface area contributed by atoms with E-state index in [-0.39, 0.29) is 5.88 Å². The number of benzene rings is 1. The number of anilines is 1. The molecule has 0 bridgehead atoms. The van der Waals surface area contributed by atoms with E-state index >= 15 is 0 Å². The number of hydrogen-bond acceptors (Lipinski definition) is 4. The van der Waals surface area contributed by atoms with E-state index in [1.807, 2.05) is 30.3 Å². The molecule has 0 radical (unpaired) electrons. The van der Waals surface area contributed by atoms with Crippen molar-refractivity contribution in [3.63, 3.8) is 0 Å². The van der Waals surface area contributed by atoms with E-state index in [2.05, 4.69) is 0 Å². The van der Waals surface area contributed by atoms with Gasteiger partial charge in [-0.25, -0.2) is 0 Å². The van der Waals surface area contributed by atoms with Gasteiger partial charge in [-0.2, -0.15) is 5.26 Å². The summed E-state index contributed by atoms with van der Waals surface area (Å²) >= 11 is 0. The van der Waals surface area contributed by atoms with Gasteiger partial charge in [0.25, 0.3) is 0 Å². The Morgan fingerprint density at radius 1 is 1.35 bits per heavy atom. The molecular weight excluding hydrogens is 216 g/mol. The topological polar surface area (TPSA) is 72.2 Å². The number of nitrogens with two attached hydrogens (primary N) is 1. The molecule has 0 spiro atoms. The lowest BCUT2D eigenvalue weighted by Gasteiger charge is -2.05. The maximum absolute atomic E-state index is 8.96. The molecule has 0 aliphatic heterocycles. The summed E-state index contributed by atoms with van der Waals surface area (Å²) < 4.78 is 10.7. The van der Waals surface area contributed by atoms with Crippen molar-refractivity contribution in [1.82, 2.24) is 0 Å². The molecule has 1 heterocycles. The van der Waals surface area contributed by atoms with Crippen molar-refractivity contribution in [2.75, 3.05) is 12.8 Å². The Morgan fingerprint density at radius 2 is 2.06 bits per heavy atom. The van der Waals surface area contributed by atoms with Gasteiger partial charge in [0.1, 0.15) is 23.1 Å². The fourth-order valence-electron chi connectivity index (χ4n) is 1.76. The van der Waals surface area contributed by atoms with Crippen molar-refractivity contribution in [2.24, 2.45) is 0 Å². The number of furan rings is 1. The number of para-hydroxylation sites is 1. The molecule has 4 nitrogen and oxygen atoms in total. The first kappa shape index (κ1) is 11.1. The van der Waals surface area contributed by atoms with Crippen molar-refractivity contribution in [3.05, 3.63) is 35.4 Å². The van der Waals surface area contributed by atoms with Gasteiger partial charge in [-0.05, 0) is 19.1 Å². The SMILES string of the molecule is COc1ccccc1-c1oc(N)c(C#N)c1C. The minimum absolute atomic E-state index is 0.144. The number of ether oxygens (including phenoxy) is 1. The molecule has 0 fully saturated rings. The van der Waals surface area contributed by atoms with Crippen LogP contribution >= 0.6 is 0 Å². The molecule has 0 aliphatic carbocycles. The average Bonchev–Trinajstić information content (AvgIpc) is 2.64. The fourth-order valence-corrected chi connectivity index (χ4v) is 1.76. The molecule has 86 valence electrons. The molecule has 17 heavy (non-hydrogen) atoms.